The lowest BCUT2D eigenvalue weighted by Gasteiger charge is -2.17. The highest BCUT2D eigenvalue weighted by atomic mass is 15.2. The minimum atomic E-state index is 0.714. The SMILES string of the molecule is CCNCc1cnc(N(C)c2cccc(C)c2)nc1. The van der Waals surface area contributed by atoms with E-state index in [2.05, 4.69) is 47.3 Å². The zero-order chi connectivity index (χ0) is 13.7. The Bertz CT molecular complexity index is 522. The van der Waals surface area contributed by atoms with E-state index in [0.717, 1.165) is 24.3 Å². The molecule has 0 unspecified atom stereocenters. The van der Waals surface area contributed by atoms with Crippen LogP contribution in [0, 0.1) is 6.92 Å². The zero-order valence-corrected chi connectivity index (χ0v) is 11.7. The van der Waals surface area contributed by atoms with E-state index >= 15 is 0 Å². The van der Waals surface area contributed by atoms with E-state index in [4.69, 9.17) is 0 Å². The van der Waals surface area contributed by atoms with Crippen molar-refractivity contribution in [2.45, 2.75) is 20.4 Å². The monoisotopic (exact) mass is 256 g/mol. The van der Waals surface area contributed by atoms with Gasteiger partial charge in [0.25, 0.3) is 0 Å². The van der Waals surface area contributed by atoms with Gasteiger partial charge in [-0.25, -0.2) is 9.97 Å². The predicted molar refractivity (Wildman–Crippen MR) is 78.7 cm³/mol. The van der Waals surface area contributed by atoms with E-state index < -0.39 is 0 Å². The molecule has 19 heavy (non-hydrogen) atoms. The summed E-state index contributed by atoms with van der Waals surface area (Å²) in [5.74, 6) is 0.714. The molecule has 4 heteroatoms. The molecule has 100 valence electrons. The molecule has 4 nitrogen and oxygen atoms in total. The van der Waals surface area contributed by atoms with Crippen LogP contribution in [0.25, 0.3) is 0 Å². The van der Waals surface area contributed by atoms with Crippen molar-refractivity contribution in [2.75, 3.05) is 18.5 Å². The van der Waals surface area contributed by atoms with Crippen LogP contribution < -0.4 is 10.2 Å². The van der Waals surface area contributed by atoms with Gasteiger partial charge in [-0.1, -0.05) is 19.1 Å². The molecular formula is C15H20N4. The average molecular weight is 256 g/mol. The lowest BCUT2D eigenvalue weighted by Crippen LogP contribution is -2.15. The average Bonchev–Trinajstić information content (AvgIpc) is 2.45. The summed E-state index contributed by atoms with van der Waals surface area (Å²) < 4.78 is 0. The predicted octanol–water partition coefficient (Wildman–Crippen LogP) is 2.66. The summed E-state index contributed by atoms with van der Waals surface area (Å²) in [6, 6.07) is 8.30. The molecule has 0 saturated heterocycles. The molecule has 0 bridgehead atoms. The maximum absolute atomic E-state index is 4.41. The van der Waals surface area contributed by atoms with Crippen LogP contribution in [-0.2, 0) is 6.54 Å². The van der Waals surface area contributed by atoms with Crippen molar-refractivity contribution in [3.05, 3.63) is 47.8 Å². The Labute approximate surface area is 114 Å². The normalized spacial score (nSPS) is 10.5. The number of aromatic nitrogens is 2. The first-order valence-electron chi connectivity index (χ1n) is 6.52. The van der Waals surface area contributed by atoms with Gasteiger partial charge in [0.05, 0.1) is 0 Å². The van der Waals surface area contributed by atoms with Crippen molar-refractivity contribution >= 4 is 11.6 Å². The molecule has 0 saturated carbocycles. The van der Waals surface area contributed by atoms with Gasteiger partial charge in [-0.15, -0.1) is 0 Å². The summed E-state index contributed by atoms with van der Waals surface area (Å²) in [5.41, 5.74) is 3.43. The smallest absolute Gasteiger partial charge is 0.229 e. The number of hydrogen-bond donors (Lipinski definition) is 1. The minimum Gasteiger partial charge on any atom is -0.314 e. The minimum absolute atomic E-state index is 0.714. The molecule has 0 radical (unpaired) electrons. The molecule has 0 fully saturated rings. The highest BCUT2D eigenvalue weighted by molar-refractivity contribution is 5.56. The fourth-order valence-electron chi connectivity index (χ4n) is 1.83. The Hall–Kier alpha value is -1.94. The van der Waals surface area contributed by atoms with Gasteiger partial charge in [0.2, 0.25) is 5.95 Å². The molecule has 0 aliphatic rings. The van der Waals surface area contributed by atoms with Gasteiger partial charge < -0.3 is 10.2 Å². The van der Waals surface area contributed by atoms with Crippen molar-refractivity contribution in [1.29, 1.82) is 0 Å². The third kappa shape index (κ3) is 3.51. The highest BCUT2D eigenvalue weighted by Gasteiger charge is 2.06. The van der Waals surface area contributed by atoms with Crippen molar-refractivity contribution in [3.8, 4) is 0 Å². The van der Waals surface area contributed by atoms with Crippen molar-refractivity contribution < 1.29 is 0 Å². The molecule has 0 spiro atoms. The van der Waals surface area contributed by atoms with Crippen LogP contribution in [0.2, 0.25) is 0 Å². The third-order valence-corrected chi connectivity index (χ3v) is 2.96. The topological polar surface area (TPSA) is 41.1 Å². The quantitative estimate of drug-likeness (QED) is 0.893. The number of benzene rings is 1. The first kappa shape index (κ1) is 13.5. The first-order chi connectivity index (χ1) is 9.20. The molecule has 0 aliphatic carbocycles. The van der Waals surface area contributed by atoms with Crippen LogP contribution >= 0.6 is 0 Å². The van der Waals surface area contributed by atoms with Gasteiger partial charge in [-0.2, -0.15) is 0 Å². The number of anilines is 2. The number of nitrogens with one attached hydrogen (secondary N) is 1. The van der Waals surface area contributed by atoms with Crippen LogP contribution in [0.4, 0.5) is 11.6 Å². The van der Waals surface area contributed by atoms with Crippen LogP contribution in [0.15, 0.2) is 36.7 Å². The Morgan fingerprint density at radius 1 is 1.21 bits per heavy atom. The van der Waals surface area contributed by atoms with E-state index in [-0.39, 0.29) is 0 Å². The summed E-state index contributed by atoms with van der Waals surface area (Å²) in [6.07, 6.45) is 3.74. The molecule has 1 N–H and O–H groups in total. The number of nitrogens with zero attached hydrogens (tertiary/aromatic N) is 3. The second-order valence-electron chi connectivity index (χ2n) is 4.57. The van der Waals surface area contributed by atoms with Crippen LogP contribution in [0.1, 0.15) is 18.1 Å². The Morgan fingerprint density at radius 2 is 1.95 bits per heavy atom. The molecular weight excluding hydrogens is 236 g/mol. The maximum Gasteiger partial charge on any atom is 0.229 e. The summed E-state index contributed by atoms with van der Waals surface area (Å²) in [6.45, 7) is 5.92. The molecule has 1 aromatic carbocycles. The van der Waals surface area contributed by atoms with Crippen molar-refractivity contribution in [2.24, 2.45) is 0 Å². The van der Waals surface area contributed by atoms with Crippen molar-refractivity contribution in [3.63, 3.8) is 0 Å². The Balaban J connectivity index is 2.13. The standard InChI is InChI=1S/C15H20N4/c1-4-16-9-13-10-17-15(18-11-13)19(3)14-7-5-6-12(2)8-14/h5-8,10-11,16H,4,9H2,1-3H3. The van der Waals surface area contributed by atoms with Gasteiger partial charge in [0.15, 0.2) is 0 Å². The molecule has 2 rings (SSSR count). The van der Waals surface area contributed by atoms with E-state index in [9.17, 15) is 0 Å². The number of rotatable bonds is 5. The highest BCUT2D eigenvalue weighted by Crippen LogP contribution is 2.20. The van der Waals surface area contributed by atoms with Crippen molar-refractivity contribution in [1.82, 2.24) is 15.3 Å². The van der Waals surface area contributed by atoms with Gasteiger partial charge >= 0.3 is 0 Å². The molecule has 0 atom stereocenters. The summed E-state index contributed by atoms with van der Waals surface area (Å²) >= 11 is 0. The molecule has 1 aromatic heterocycles. The van der Waals surface area contributed by atoms with Crippen LogP contribution in [0.3, 0.4) is 0 Å². The lowest BCUT2D eigenvalue weighted by molar-refractivity contribution is 0.721. The van der Waals surface area contributed by atoms with Gasteiger partial charge in [-0.05, 0) is 31.2 Å². The largest absolute Gasteiger partial charge is 0.314 e. The lowest BCUT2D eigenvalue weighted by atomic mass is 10.2. The van der Waals surface area contributed by atoms with Crippen LogP contribution in [0.5, 0.6) is 0 Å². The molecule has 2 aromatic rings. The van der Waals surface area contributed by atoms with Crippen LogP contribution in [-0.4, -0.2) is 23.6 Å². The Morgan fingerprint density at radius 3 is 2.58 bits per heavy atom. The van der Waals surface area contributed by atoms with Gasteiger partial charge in [0.1, 0.15) is 0 Å². The second kappa shape index (κ2) is 6.29. The summed E-state index contributed by atoms with van der Waals surface area (Å²) in [5, 5.41) is 3.26. The van der Waals surface area contributed by atoms with E-state index in [0.29, 0.717) is 5.95 Å². The Kier molecular flexibility index (Phi) is 4.47. The second-order valence-corrected chi connectivity index (χ2v) is 4.57. The van der Waals surface area contributed by atoms with E-state index in [1.165, 1.54) is 5.56 Å². The first-order valence-corrected chi connectivity index (χ1v) is 6.52. The summed E-state index contributed by atoms with van der Waals surface area (Å²) in [7, 11) is 1.98. The maximum atomic E-state index is 4.41. The number of hydrogen-bond acceptors (Lipinski definition) is 4. The van der Waals surface area contributed by atoms with Gasteiger partial charge in [-0.3, -0.25) is 0 Å². The number of aryl methyl sites for hydroxylation is 1. The van der Waals surface area contributed by atoms with E-state index in [1.54, 1.807) is 0 Å². The van der Waals surface area contributed by atoms with E-state index in [1.807, 2.05) is 30.4 Å². The fourth-order valence-corrected chi connectivity index (χ4v) is 1.83. The molecule has 1 heterocycles. The summed E-state index contributed by atoms with van der Waals surface area (Å²) in [4.78, 5) is 10.8. The fraction of sp³-hybridized carbons (Fsp3) is 0.333. The third-order valence-electron chi connectivity index (χ3n) is 2.96. The zero-order valence-electron chi connectivity index (χ0n) is 11.7. The van der Waals surface area contributed by atoms with Gasteiger partial charge in [0, 0.05) is 37.2 Å². The molecule has 0 amide bonds. The molecule has 0 aliphatic heterocycles.